The first-order valence-electron chi connectivity index (χ1n) is 7.09. The number of carbonyl (C=O) groups excluding carboxylic acids is 1. The minimum atomic E-state index is 0.00225. The summed E-state index contributed by atoms with van der Waals surface area (Å²) in [4.78, 5) is 19.4. The van der Waals surface area contributed by atoms with Gasteiger partial charge in [-0.05, 0) is 31.3 Å². The molecule has 1 aliphatic rings. The highest BCUT2D eigenvalue weighted by Gasteiger charge is 2.30. The first-order chi connectivity index (χ1) is 10.2. The molecular weight excluding hydrogens is 290 g/mol. The Labute approximate surface area is 126 Å². The molecule has 2 aromatic rings. The molecule has 1 amide bonds. The topological polar surface area (TPSA) is 85.0 Å². The Morgan fingerprint density at radius 1 is 1.52 bits per heavy atom. The van der Waals surface area contributed by atoms with Gasteiger partial charge < -0.3 is 9.42 Å². The molecule has 0 unspecified atom stereocenters. The van der Waals surface area contributed by atoms with E-state index in [2.05, 4.69) is 19.7 Å². The van der Waals surface area contributed by atoms with Gasteiger partial charge in [0.25, 0.3) is 5.91 Å². The summed E-state index contributed by atoms with van der Waals surface area (Å²) in [6, 6.07) is 0. The quantitative estimate of drug-likeness (QED) is 0.859. The Bertz CT molecular complexity index is 638. The predicted octanol–water partition coefficient (Wildman–Crippen LogP) is 1.81. The smallest absolute Gasteiger partial charge is 0.267 e. The van der Waals surface area contributed by atoms with Crippen LogP contribution in [0.2, 0.25) is 0 Å². The molecule has 0 N–H and O–H groups in total. The van der Waals surface area contributed by atoms with Crippen molar-refractivity contribution in [3.8, 4) is 0 Å². The summed E-state index contributed by atoms with van der Waals surface area (Å²) in [5.41, 5.74) is 0.693. The Hall–Kier alpha value is -1.83. The largest absolute Gasteiger partial charge is 0.339 e. The fourth-order valence-corrected chi connectivity index (χ4v) is 3.14. The number of rotatable bonds is 3. The molecule has 0 bridgehead atoms. The van der Waals surface area contributed by atoms with Crippen molar-refractivity contribution in [2.24, 2.45) is 0 Å². The molecule has 0 aromatic carbocycles. The summed E-state index contributed by atoms with van der Waals surface area (Å²) in [5, 5.41) is 7.84. The van der Waals surface area contributed by atoms with E-state index in [4.69, 9.17) is 4.52 Å². The monoisotopic (exact) mass is 307 g/mol. The third kappa shape index (κ3) is 2.80. The van der Waals surface area contributed by atoms with Crippen LogP contribution in [0.5, 0.6) is 0 Å². The molecule has 8 heteroatoms. The molecule has 0 aliphatic carbocycles. The van der Waals surface area contributed by atoms with Crippen molar-refractivity contribution in [3.63, 3.8) is 0 Å². The Morgan fingerprint density at radius 2 is 2.38 bits per heavy atom. The molecule has 2 aromatic heterocycles. The SMILES string of the molecule is CCc1noc([C@@H]2CCCN(C(=O)c3snnc3C)C2)n1. The molecule has 3 rings (SSSR count). The first-order valence-corrected chi connectivity index (χ1v) is 7.87. The van der Waals surface area contributed by atoms with E-state index in [9.17, 15) is 4.79 Å². The lowest BCUT2D eigenvalue weighted by atomic mass is 9.98. The van der Waals surface area contributed by atoms with Crippen molar-refractivity contribution >= 4 is 17.4 Å². The lowest BCUT2D eigenvalue weighted by Gasteiger charge is -2.30. The zero-order chi connectivity index (χ0) is 14.8. The zero-order valence-electron chi connectivity index (χ0n) is 12.1. The van der Waals surface area contributed by atoms with Crippen LogP contribution >= 0.6 is 11.5 Å². The number of carbonyl (C=O) groups is 1. The third-order valence-electron chi connectivity index (χ3n) is 3.70. The maximum absolute atomic E-state index is 12.5. The highest BCUT2D eigenvalue weighted by atomic mass is 32.1. The average Bonchev–Trinajstić information content (AvgIpc) is 3.15. The summed E-state index contributed by atoms with van der Waals surface area (Å²) in [6.07, 6.45) is 2.66. The van der Waals surface area contributed by atoms with Gasteiger partial charge in [-0.25, -0.2) is 0 Å². The molecule has 7 nitrogen and oxygen atoms in total. The fraction of sp³-hybridized carbons (Fsp3) is 0.615. The molecular formula is C13H17N5O2S. The highest BCUT2D eigenvalue weighted by Crippen LogP contribution is 2.27. The Morgan fingerprint density at radius 3 is 3.05 bits per heavy atom. The van der Waals surface area contributed by atoms with Crippen LogP contribution in [0.4, 0.5) is 0 Å². The van der Waals surface area contributed by atoms with Crippen molar-refractivity contribution in [2.45, 2.75) is 39.0 Å². The second-order valence-corrected chi connectivity index (χ2v) is 5.93. The lowest BCUT2D eigenvalue weighted by molar-refractivity contribution is 0.0699. The van der Waals surface area contributed by atoms with Crippen molar-refractivity contribution < 1.29 is 9.32 Å². The van der Waals surface area contributed by atoms with Crippen molar-refractivity contribution in [2.75, 3.05) is 13.1 Å². The van der Waals surface area contributed by atoms with Gasteiger partial charge in [-0.15, -0.1) is 5.10 Å². The summed E-state index contributed by atoms with van der Waals surface area (Å²) in [5.74, 6) is 1.48. The van der Waals surface area contributed by atoms with Gasteiger partial charge >= 0.3 is 0 Å². The molecule has 0 spiro atoms. The number of aryl methyl sites for hydroxylation is 2. The number of hydrogen-bond donors (Lipinski definition) is 0. The normalized spacial score (nSPS) is 19.0. The summed E-state index contributed by atoms with van der Waals surface area (Å²) < 4.78 is 9.15. The van der Waals surface area contributed by atoms with E-state index in [-0.39, 0.29) is 11.8 Å². The molecule has 1 atom stereocenters. The molecule has 112 valence electrons. The van der Waals surface area contributed by atoms with Crippen LogP contribution in [-0.4, -0.2) is 43.6 Å². The van der Waals surface area contributed by atoms with Gasteiger partial charge in [0.05, 0.1) is 11.6 Å². The number of piperidine rings is 1. The molecule has 3 heterocycles. The molecule has 0 saturated carbocycles. The second-order valence-electron chi connectivity index (χ2n) is 5.18. The van der Waals surface area contributed by atoms with E-state index in [1.54, 1.807) is 0 Å². The van der Waals surface area contributed by atoms with Gasteiger partial charge in [-0.2, -0.15) is 4.98 Å². The van der Waals surface area contributed by atoms with Gasteiger partial charge in [0.1, 0.15) is 4.88 Å². The standard InChI is InChI=1S/C13H17N5O2S/c1-3-10-14-12(20-16-10)9-5-4-6-18(7-9)13(19)11-8(2)15-17-21-11/h9H,3-7H2,1-2H3/t9-/m1/s1. The van der Waals surface area contributed by atoms with Crippen LogP contribution in [0.3, 0.4) is 0 Å². The van der Waals surface area contributed by atoms with Gasteiger partial charge in [0.15, 0.2) is 5.82 Å². The first kappa shape index (κ1) is 14.1. The number of likely N-dealkylation sites (tertiary alicyclic amines) is 1. The summed E-state index contributed by atoms with van der Waals surface area (Å²) in [7, 11) is 0. The van der Waals surface area contributed by atoms with E-state index >= 15 is 0 Å². The van der Waals surface area contributed by atoms with Crippen LogP contribution < -0.4 is 0 Å². The van der Waals surface area contributed by atoms with Crippen LogP contribution in [0.25, 0.3) is 0 Å². The van der Waals surface area contributed by atoms with Gasteiger partial charge in [0, 0.05) is 19.5 Å². The van der Waals surface area contributed by atoms with E-state index in [0.29, 0.717) is 23.0 Å². The van der Waals surface area contributed by atoms with E-state index < -0.39 is 0 Å². The second kappa shape index (κ2) is 5.88. The van der Waals surface area contributed by atoms with Gasteiger partial charge in [-0.1, -0.05) is 16.6 Å². The number of aromatic nitrogens is 4. The lowest BCUT2D eigenvalue weighted by Crippen LogP contribution is -2.39. The minimum absolute atomic E-state index is 0.00225. The van der Waals surface area contributed by atoms with Gasteiger partial charge in [-0.3, -0.25) is 4.79 Å². The third-order valence-corrected chi connectivity index (χ3v) is 4.52. The van der Waals surface area contributed by atoms with Gasteiger partial charge in [0.2, 0.25) is 5.89 Å². The molecule has 21 heavy (non-hydrogen) atoms. The summed E-state index contributed by atoms with van der Waals surface area (Å²) in [6.45, 7) is 5.16. The number of hydrogen-bond acceptors (Lipinski definition) is 7. The molecule has 0 radical (unpaired) electrons. The maximum atomic E-state index is 12.5. The van der Waals surface area contributed by atoms with E-state index in [1.807, 2.05) is 18.7 Å². The molecule has 1 aliphatic heterocycles. The van der Waals surface area contributed by atoms with Crippen LogP contribution in [0, 0.1) is 6.92 Å². The highest BCUT2D eigenvalue weighted by molar-refractivity contribution is 7.07. The van der Waals surface area contributed by atoms with Crippen molar-refractivity contribution in [1.29, 1.82) is 0 Å². The Kier molecular flexibility index (Phi) is 3.96. The van der Waals surface area contributed by atoms with E-state index in [1.165, 1.54) is 0 Å². The maximum Gasteiger partial charge on any atom is 0.267 e. The summed E-state index contributed by atoms with van der Waals surface area (Å²) >= 11 is 1.15. The zero-order valence-corrected chi connectivity index (χ0v) is 12.9. The number of nitrogens with zero attached hydrogens (tertiary/aromatic N) is 5. The van der Waals surface area contributed by atoms with Crippen molar-refractivity contribution in [3.05, 3.63) is 22.3 Å². The van der Waals surface area contributed by atoms with Crippen molar-refractivity contribution in [1.82, 2.24) is 24.6 Å². The number of amides is 1. The molecule has 1 fully saturated rings. The van der Waals surface area contributed by atoms with Crippen LogP contribution in [0.15, 0.2) is 4.52 Å². The Balaban J connectivity index is 1.74. The molecule has 1 saturated heterocycles. The van der Waals surface area contributed by atoms with Crippen LogP contribution in [0.1, 0.15) is 52.8 Å². The van der Waals surface area contributed by atoms with Crippen LogP contribution in [-0.2, 0) is 6.42 Å². The fourth-order valence-electron chi connectivity index (χ4n) is 2.51. The predicted molar refractivity (Wildman–Crippen MR) is 76.2 cm³/mol. The van der Waals surface area contributed by atoms with E-state index in [0.717, 1.165) is 43.2 Å². The average molecular weight is 307 g/mol. The minimum Gasteiger partial charge on any atom is -0.339 e.